The van der Waals surface area contributed by atoms with Crippen molar-refractivity contribution in [3.63, 3.8) is 0 Å². The van der Waals surface area contributed by atoms with Crippen LogP contribution in [0.3, 0.4) is 0 Å². The smallest absolute Gasteiger partial charge is 0.106 e. The van der Waals surface area contributed by atoms with Crippen molar-refractivity contribution in [3.05, 3.63) is 76.9 Å². The van der Waals surface area contributed by atoms with E-state index in [0.29, 0.717) is 10.6 Å². The van der Waals surface area contributed by atoms with Gasteiger partial charge in [-0.25, -0.2) is 0 Å². The molecule has 0 aliphatic rings. The zero-order valence-corrected chi connectivity index (χ0v) is 10.9. The number of rotatable bonds is 2. The Balaban J connectivity index is 2.17. The van der Waals surface area contributed by atoms with Gasteiger partial charge < -0.3 is 5.11 Å². The molecule has 0 aliphatic carbocycles. The molecular formula is C16H12ClNO. The summed E-state index contributed by atoms with van der Waals surface area (Å²) in [6.45, 7) is 0. The van der Waals surface area contributed by atoms with Crippen molar-refractivity contribution in [1.29, 1.82) is 0 Å². The highest BCUT2D eigenvalue weighted by Gasteiger charge is 2.15. The third-order valence-corrected chi connectivity index (χ3v) is 3.52. The zero-order valence-electron chi connectivity index (χ0n) is 10.1. The summed E-state index contributed by atoms with van der Waals surface area (Å²) >= 11 is 6.14. The van der Waals surface area contributed by atoms with E-state index < -0.39 is 6.10 Å². The molecule has 0 radical (unpaired) electrons. The molecule has 0 saturated carbocycles. The topological polar surface area (TPSA) is 33.1 Å². The van der Waals surface area contributed by atoms with Crippen LogP contribution in [0.25, 0.3) is 10.9 Å². The molecule has 1 atom stereocenters. The van der Waals surface area contributed by atoms with E-state index in [1.54, 1.807) is 12.3 Å². The highest BCUT2D eigenvalue weighted by molar-refractivity contribution is 6.31. The first-order valence-corrected chi connectivity index (χ1v) is 6.41. The van der Waals surface area contributed by atoms with Crippen LogP contribution >= 0.6 is 11.6 Å². The molecule has 3 heteroatoms. The molecule has 19 heavy (non-hydrogen) atoms. The average Bonchev–Trinajstić information content (AvgIpc) is 2.46. The van der Waals surface area contributed by atoms with Gasteiger partial charge in [0.05, 0.1) is 5.52 Å². The van der Waals surface area contributed by atoms with Crippen molar-refractivity contribution >= 4 is 22.5 Å². The monoisotopic (exact) mass is 269 g/mol. The summed E-state index contributed by atoms with van der Waals surface area (Å²) in [4.78, 5) is 4.30. The Bertz CT molecular complexity index is 721. The number of aliphatic hydroxyl groups excluding tert-OH is 1. The lowest BCUT2D eigenvalue weighted by Gasteiger charge is -2.15. The normalized spacial score (nSPS) is 12.5. The maximum absolute atomic E-state index is 10.6. The van der Waals surface area contributed by atoms with Gasteiger partial charge in [0.15, 0.2) is 0 Å². The van der Waals surface area contributed by atoms with Crippen LogP contribution in [0.2, 0.25) is 5.02 Å². The minimum atomic E-state index is -0.749. The van der Waals surface area contributed by atoms with Crippen LogP contribution < -0.4 is 0 Å². The maximum Gasteiger partial charge on any atom is 0.106 e. The van der Waals surface area contributed by atoms with Crippen LogP contribution in [0.5, 0.6) is 0 Å². The van der Waals surface area contributed by atoms with Gasteiger partial charge in [-0.05, 0) is 23.8 Å². The van der Waals surface area contributed by atoms with Crippen LogP contribution in [0.1, 0.15) is 17.2 Å². The lowest BCUT2D eigenvalue weighted by atomic mass is 9.98. The third kappa shape index (κ3) is 2.21. The molecule has 0 amide bonds. The fourth-order valence-electron chi connectivity index (χ4n) is 2.23. The SMILES string of the molecule is OC(c1ccccc1Cl)c1cccc2ncccc12. The number of fused-ring (bicyclic) bond motifs is 1. The molecule has 3 aromatic rings. The van der Waals surface area contributed by atoms with Crippen molar-refractivity contribution < 1.29 is 5.11 Å². The quantitative estimate of drug-likeness (QED) is 0.764. The second kappa shape index (κ2) is 5.00. The molecule has 1 heterocycles. The van der Waals surface area contributed by atoms with Gasteiger partial charge in [-0.15, -0.1) is 0 Å². The summed E-state index contributed by atoms with van der Waals surface area (Å²) in [5.41, 5.74) is 2.39. The highest BCUT2D eigenvalue weighted by atomic mass is 35.5. The molecule has 1 unspecified atom stereocenters. The molecule has 2 aromatic carbocycles. The minimum absolute atomic E-state index is 0.566. The summed E-state index contributed by atoms with van der Waals surface area (Å²) in [5, 5.41) is 12.1. The van der Waals surface area contributed by atoms with Crippen molar-refractivity contribution in [2.24, 2.45) is 0 Å². The standard InChI is InChI=1S/C16H12ClNO/c17-14-8-2-1-5-13(14)16(19)12-6-3-9-15-11(12)7-4-10-18-15/h1-10,16,19H. The van der Waals surface area contributed by atoms with Crippen LogP contribution in [0, 0.1) is 0 Å². The van der Waals surface area contributed by atoms with E-state index in [2.05, 4.69) is 4.98 Å². The number of aromatic nitrogens is 1. The maximum atomic E-state index is 10.6. The average molecular weight is 270 g/mol. The molecule has 2 nitrogen and oxygen atoms in total. The first-order chi connectivity index (χ1) is 9.27. The van der Waals surface area contributed by atoms with E-state index in [0.717, 1.165) is 16.5 Å². The Hall–Kier alpha value is -1.90. The van der Waals surface area contributed by atoms with E-state index in [1.165, 1.54) is 0 Å². The molecular weight excluding hydrogens is 258 g/mol. The van der Waals surface area contributed by atoms with Gasteiger partial charge in [0.2, 0.25) is 0 Å². The number of aliphatic hydroxyl groups is 1. The van der Waals surface area contributed by atoms with Crippen LogP contribution in [-0.4, -0.2) is 10.1 Å². The van der Waals surface area contributed by atoms with E-state index in [4.69, 9.17) is 11.6 Å². The molecule has 0 saturated heterocycles. The number of pyridine rings is 1. The number of halogens is 1. The first kappa shape index (κ1) is 12.2. The summed E-state index contributed by atoms with van der Waals surface area (Å²) in [5.74, 6) is 0. The van der Waals surface area contributed by atoms with E-state index in [-0.39, 0.29) is 0 Å². The Kier molecular flexibility index (Phi) is 3.20. The van der Waals surface area contributed by atoms with Gasteiger partial charge in [0, 0.05) is 22.2 Å². The third-order valence-electron chi connectivity index (χ3n) is 3.17. The van der Waals surface area contributed by atoms with Crippen molar-refractivity contribution in [3.8, 4) is 0 Å². The number of nitrogens with zero attached hydrogens (tertiary/aromatic N) is 1. The van der Waals surface area contributed by atoms with Gasteiger partial charge in [0.1, 0.15) is 6.10 Å². The number of hydrogen-bond acceptors (Lipinski definition) is 2. The van der Waals surface area contributed by atoms with Gasteiger partial charge >= 0.3 is 0 Å². The molecule has 0 spiro atoms. The molecule has 0 fully saturated rings. The Morgan fingerprint density at radius 1 is 0.895 bits per heavy atom. The molecule has 0 bridgehead atoms. The highest BCUT2D eigenvalue weighted by Crippen LogP contribution is 2.31. The molecule has 1 aromatic heterocycles. The largest absolute Gasteiger partial charge is 0.384 e. The van der Waals surface area contributed by atoms with Crippen LogP contribution in [0.15, 0.2) is 60.8 Å². The lowest BCUT2D eigenvalue weighted by molar-refractivity contribution is 0.222. The molecule has 3 rings (SSSR count). The fourth-order valence-corrected chi connectivity index (χ4v) is 2.47. The Morgan fingerprint density at radius 2 is 1.68 bits per heavy atom. The van der Waals surface area contributed by atoms with E-state index in [9.17, 15) is 5.11 Å². The summed E-state index contributed by atoms with van der Waals surface area (Å²) in [6, 6.07) is 16.9. The summed E-state index contributed by atoms with van der Waals surface area (Å²) in [7, 11) is 0. The van der Waals surface area contributed by atoms with E-state index >= 15 is 0 Å². The number of hydrogen-bond donors (Lipinski definition) is 1. The first-order valence-electron chi connectivity index (χ1n) is 6.03. The van der Waals surface area contributed by atoms with Crippen LogP contribution in [0.4, 0.5) is 0 Å². The number of benzene rings is 2. The molecule has 0 aliphatic heterocycles. The second-order valence-electron chi connectivity index (χ2n) is 4.34. The predicted molar refractivity (Wildman–Crippen MR) is 77.3 cm³/mol. The second-order valence-corrected chi connectivity index (χ2v) is 4.75. The van der Waals surface area contributed by atoms with Gasteiger partial charge in [-0.2, -0.15) is 0 Å². The minimum Gasteiger partial charge on any atom is -0.384 e. The van der Waals surface area contributed by atoms with Crippen LogP contribution in [-0.2, 0) is 0 Å². The fraction of sp³-hybridized carbons (Fsp3) is 0.0625. The lowest BCUT2D eigenvalue weighted by Crippen LogP contribution is -2.01. The Morgan fingerprint density at radius 3 is 2.53 bits per heavy atom. The van der Waals surface area contributed by atoms with Gasteiger partial charge in [-0.3, -0.25) is 4.98 Å². The predicted octanol–water partition coefficient (Wildman–Crippen LogP) is 3.97. The summed E-state index contributed by atoms with van der Waals surface area (Å²) < 4.78 is 0. The molecule has 1 N–H and O–H groups in total. The van der Waals surface area contributed by atoms with E-state index in [1.807, 2.05) is 48.5 Å². The summed E-state index contributed by atoms with van der Waals surface area (Å²) in [6.07, 6.45) is 0.996. The Labute approximate surface area is 116 Å². The van der Waals surface area contributed by atoms with Gasteiger partial charge in [0.25, 0.3) is 0 Å². The van der Waals surface area contributed by atoms with Crippen molar-refractivity contribution in [1.82, 2.24) is 4.98 Å². The van der Waals surface area contributed by atoms with Crippen molar-refractivity contribution in [2.75, 3.05) is 0 Å². The van der Waals surface area contributed by atoms with Crippen molar-refractivity contribution in [2.45, 2.75) is 6.10 Å². The van der Waals surface area contributed by atoms with Gasteiger partial charge in [-0.1, -0.05) is 48.0 Å². The molecule has 94 valence electrons. The zero-order chi connectivity index (χ0) is 13.2.